The molecule has 56 heavy (non-hydrogen) atoms. The Bertz CT molecular complexity index is 2160. The van der Waals surface area contributed by atoms with E-state index in [4.69, 9.17) is 11.6 Å². The molecule has 6 heterocycles. The fourth-order valence-electron chi connectivity index (χ4n) is 10.1. The molecule has 2 atom stereocenters. The Balaban J connectivity index is 0.766. The molecular weight excluding hydrogens is 730 g/mol. The van der Waals surface area contributed by atoms with E-state index in [1.165, 1.54) is 0 Å². The molecule has 0 saturated carbocycles. The van der Waals surface area contributed by atoms with Gasteiger partial charge < -0.3 is 14.7 Å². The van der Waals surface area contributed by atoms with E-state index >= 15 is 0 Å². The Morgan fingerprint density at radius 2 is 1.50 bits per heavy atom. The van der Waals surface area contributed by atoms with Gasteiger partial charge in [0.1, 0.15) is 12.1 Å². The van der Waals surface area contributed by atoms with Crippen molar-refractivity contribution in [2.24, 2.45) is 5.41 Å². The van der Waals surface area contributed by atoms with Crippen LogP contribution in [0, 0.1) is 16.7 Å². The predicted molar refractivity (Wildman–Crippen MR) is 209 cm³/mol. The molecular formula is C43H44ClN7O5. The maximum absolute atomic E-state index is 13.6. The van der Waals surface area contributed by atoms with E-state index in [0.29, 0.717) is 59.5 Å². The smallest absolute Gasteiger partial charge is 0.262 e. The number of piperidine rings is 3. The largest absolute Gasteiger partial charge is 0.371 e. The van der Waals surface area contributed by atoms with Crippen LogP contribution < -0.4 is 15.1 Å². The minimum atomic E-state index is -0.975. The summed E-state index contributed by atoms with van der Waals surface area (Å²) >= 11 is 6.37. The van der Waals surface area contributed by atoms with Crippen LogP contribution in [0.4, 0.5) is 11.4 Å². The lowest BCUT2D eigenvalue weighted by Gasteiger charge is -2.40. The Morgan fingerprint density at radius 1 is 0.857 bits per heavy atom. The van der Waals surface area contributed by atoms with E-state index in [9.17, 15) is 29.2 Å². The molecule has 1 spiro atoms. The van der Waals surface area contributed by atoms with Gasteiger partial charge in [0.2, 0.25) is 11.8 Å². The summed E-state index contributed by atoms with van der Waals surface area (Å²) < 4.78 is 0. The molecule has 9 rings (SSSR count). The Morgan fingerprint density at radius 3 is 2.11 bits per heavy atom. The maximum atomic E-state index is 13.6. The van der Waals surface area contributed by atoms with Crippen molar-refractivity contribution < 1.29 is 24.0 Å². The number of anilines is 2. The van der Waals surface area contributed by atoms with Crippen LogP contribution in [-0.2, 0) is 22.7 Å². The third-order valence-electron chi connectivity index (χ3n) is 13.2. The highest BCUT2D eigenvalue weighted by molar-refractivity contribution is 6.32. The lowest BCUT2D eigenvalue weighted by atomic mass is 9.76. The minimum absolute atomic E-state index is 0.0502. The van der Waals surface area contributed by atoms with Gasteiger partial charge in [0.15, 0.2) is 0 Å². The lowest BCUT2D eigenvalue weighted by molar-refractivity contribution is -0.136. The normalized spacial score (nSPS) is 23.8. The van der Waals surface area contributed by atoms with Crippen molar-refractivity contribution >= 4 is 52.5 Å². The first-order valence-electron chi connectivity index (χ1n) is 19.7. The summed E-state index contributed by atoms with van der Waals surface area (Å²) in [7, 11) is 0. The number of carbonyl (C=O) groups is 5. The van der Waals surface area contributed by atoms with Crippen LogP contribution in [0.15, 0.2) is 54.6 Å². The van der Waals surface area contributed by atoms with Crippen molar-refractivity contribution in [2.45, 2.75) is 83.1 Å². The van der Waals surface area contributed by atoms with Crippen molar-refractivity contribution in [1.82, 2.24) is 20.0 Å². The molecule has 1 N–H and O–H groups in total. The van der Waals surface area contributed by atoms with E-state index in [1.807, 2.05) is 35.2 Å². The van der Waals surface area contributed by atoms with Crippen molar-refractivity contribution in [3.05, 3.63) is 93.0 Å². The van der Waals surface area contributed by atoms with E-state index in [1.54, 1.807) is 12.1 Å². The summed E-state index contributed by atoms with van der Waals surface area (Å²) in [5, 5.41) is 12.0. The van der Waals surface area contributed by atoms with Gasteiger partial charge in [-0.2, -0.15) is 5.26 Å². The summed E-state index contributed by atoms with van der Waals surface area (Å²) in [4.78, 5) is 74.6. The van der Waals surface area contributed by atoms with E-state index in [2.05, 4.69) is 45.1 Å². The summed E-state index contributed by atoms with van der Waals surface area (Å²) in [6, 6.07) is 19.3. The van der Waals surface area contributed by atoms with Crippen LogP contribution in [0.2, 0.25) is 5.02 Å². The predicted octanol–water partition coefficient (Wildman–Crippen LogP) is 5.12. The van der Waals surface area contributed by atoms with Gasteiger partial charge in [-0.15, -0.1) is 0 Å². The Hall–Kier alpha value is -5.25. The molecule has 6 aliphatic rings. The second-order valence-electron chi connectivity index (χ2n) is 16.5. The first kappa shape index (κ1) is 36.4. The fraction of sp³-hybridized carbons (Fsp3) is 0.442. The number of carbonyl (C=O) groups excluding carboxylic acids is 5. The Labute approximate surface area is 330 Å². The number of imide groups is 2. The van der Waals surface area contributed by atoms with Gasteiger partial charge >= 0.3 is 0 Å². The second-order valence-corrected chi connectivity index (χ2v) is 16.9. The van der Waals surface area contributed by atoms with Crippen LogP contribution in [0.25, 0.3) is 0 Å². The highest BCUT2D eigenvalue weighted by Gasteiger charge is 2.46. The lowest BCUT2D eigenvalue weighted by Crippen LogP contribution is -2.54. The average Bonchev–Trinajstić information content (AvgIpc) is 3.84. The molecule has 0 bridgehead atoms. The number of amides is 5. The van der Waals surface area contributed by atoms with Gasteiger partial charge in [0.05, 0.1) is 21.7 Å². The molecule has 5 amide bonds. The molecule has 3 aromatic carbocycles. The quantitative estimate of drug-likeness (QED) is 0.351. The average molecular weight is 774 g/mol. The number of likely N-dealkylation sites (tertiary alicyclic amines) is 1. The SMILES string of the molecule is C[C@@H]1CC2(CCN(c3ccc(C(=O)N4CCC(N5Cc6cc7c(cc6C5)C(=O)N(C5CCC(=O)NC5=O)C7=O)CC4)cc3)CC2)CN1c1ccc(C#N)c(Cl)c1. The monoisotopic (exact) mass is 773 g/mol. The summed E-state index contributed by atoms with van der Waals surface area (Å²) in [5.41, 5.74) is 6.31. The number of fused-ring (bicyclic) bond motifs is 2. The molecule has 1 unspecified atom stereocenters. The maximum Gasteiger partial charge on any atom is 0.262 e. The molecule has 3 aromatic rings. The highest BCUT2D eigenvalue weighted by Crippen LogP contribution is 2.46. The van der Waals surface area contributed by atoms with Crippen molar-refractivity contribution in [3.8, 4) is 6.07 Å². The number of hydrogen-bond donors (Lipinski definition) is 1. The van der Waals surface area contributed by atoms with Crippen LogP contribution >= 0.6 is 11.6 Å². The van der Waals surface area contributed by atoms with Crippen LogP contribution in [-0.4, -0.2) is 95.1 Å². The van der Waals surface area contributed by atoms with Gasteiger partial charge in [-0.1, -0.05) is 11.6 Å². The van der Waals surface area contributed by atoms with Crippen molar-refractivity contribution in [2.75, 3.05) is 42.5 Å². The van der Waals surface area contributed by atoms with E-state index < -0.39 is 29.7 Å². The van der Waals surface area contributed by atoms with Crippen LogP contribution in [0.5, 0.6) is 0 Å². The third kappa shape index (κ3) is 6.31. The molecule has 0 radical (unpaired) electrons. The van der Waals surface area contributed by atoms with Crippen molar-refractivity contribution in [3.63, 3.8) is 0 Å². The molecule has 12 nitrogen and oxygen atoms in total. The first-order valence-corrected chi connectivity index (χ1v) is 20.1. The van der Waals surface area contributed by atoms with Gasteiger partial charge in [0, 0.05) is 81.3 Å². The molecule has 288 valence electrons. The number of rotatable bonds is 5. The number of hydrogen-bond acceptors (Lipinski definition) is 9. The van der Waals surface area contributed by atoms with E-state index in [0.717, 1.165) is 79.1 Å². The number of nitrogens with one attached hydrogen (secondary N) is 1. The number of nitriles is 1. The van der Waals surface area contributed by atoms with Crippen LogP contribution in [0.3, 0.4) is 0 Å². The number of nitrogens with zero attached hydrogens (tertiary/aromatic N) is 6. The van der Waals surface area contributed by atoms with E-state index in [-0.39, 0.29) is 30.2 Å². The zero-order chi connectivity index (χ0) is 38.9. The Kier molecular flexibility index (Phi) is 9.13. The van der Waals surface area contributed by atoms with Gasteiger partial charge in [0.25, 0.3) is 17.7 Å². The molecule has 4 fully saturated rings. The zero-order valence-electron chi connectivity index (χ0n) is 31.4. The molecule has 4 saturated heterocycles. The topological polar surface area (TPSA) is 137 Å². The fourth-order valence-corrected chi connectivity index (χ4v) is 10.3. The minimum Gasteiger partial charge on any atom is -0.371 e. The van der Waals surface area contributed by atoms with Crippen LogP contribution in [0.1, 0.15) is 99.6 Å². The molecule has 0 aromatic heterocycles. The second kappa shape index (κ2) is 14.0. The molecule has 0 aliphatic carbocycles. The highest BCUT2D eigenvalue weighted by atomic mass is 35.5. The summed E-state index contributed by atoms with van der Waals surface area (Å²) in [6.45, 7) is 7.81. The standard InChI is InChI=1S/C43H44ClN7O5/c1-26-21-43(25-50(26)33-7-4-28(22-45)36(44)20-33)12-16-47(17-13-43)31-5-2-27(3-6-31)40(54)48-14-10-32(11-15-48)49-23-29-18-34-35(19-30(29)24-49)42(56)51(41(34)55)37-8-9-38(52)46-39(37)53/h2-7,18-20,26,32,37H,8-17,21,23-25H2,1H3,(H,46,52,53)/t26-,37?/m1/s1. The van der Waals surface area contributed by atoms with Gasteiger partial charge in [-0.3, -0.25) is 39.1 Å². The number of halogens is 1. The third-order valence-corrected chi connectivity index (χ3v) is 13.6. The summed E-state index contributed by atoms with van der Waals surface area (Å²) in [6.07, 6.45) is 5.21. The molecule has 6 aliphatic heterocycles. The first-order chi connectivity index (χ1) is 27.0. The van der Waals surface area contributed by atoms with Gasteiger partial charge in [-0.25, -0.2) is 0 Å². The van der Waals surface area contributed by atoms with Crippen molar-refractivity contribution in [1.29, 1.82) is 5.26 Å². The zero-order valence-corrected chi connectivity index (χ0v) is 32.2. The summed E-state index contributed by atoms with van der Waals surface area (Å²) in [5.74, 6) is -1.92. The number of benzene rings is 3. The molecule has 13 heteroatoms. The van der Waals surface area contributed by atoms with Gasteiger partial charge in [-0.05, 0) is 117 Å².